The molecule has 0 unspecified atom stereocenters. The van der Waals surface area contributed by atoms with Crippen molar-refractivity contribution < 1.29 is 14.0 Å². The molecule has 0 atom stereocenters. The molecule has 1 N–H and O–H groups in total. The zero-order valence-corrected chi connectivity index (χ0v) is 13.0. The SMILES string of the molecule is CC(C)C(=O)/C(=C\c1ccc(F)cc1)C(=O)Nc1ccccc1. The van der Waals surface area contributed by atoms with Gasteiger partial charge in [0.25, 0.3) is 5.91 Å². The van der Waals surface area contributed by atoms with Gasteiger partial charge in [-0.2, -0.15) is 0 Å². The molecule has 3 nitrogen and oxygen atoms in total. The molecule has 0 aliphatic rings. The van der Waals surface area contributed by atoms with Gasteiger partial charge in [0.2, 0.25) is 0 Å². The number of ketones is 1. The Morgan fingerprint density at radius 2 is 1.61 bits per heavy atom. The van der Waals surface area contributed by atoms with Crippen molar-refractivity contribution in [3.8, 4) is 0 Å². The van der Waals surface area contributed by atoms with E-state index in [4.69, 9.17) is 0 Å². The van der Waals surface area contributed by atoms with E-state index >= 15 is 0 Å². The topological polar surface area (TPSA) is 46.2 Å². The first-order valence-electron chi connectivity index (χ1n) is 7.35. The summed E-state index contributed by atoms with van der Waals surface area (Å²) >= 11 is 0. The Morgan fingerprint density at radius 3 is 2.17 bits per heavy atom. The molecule has 0 heterocycles. The molecule has 0 aliphatic heterocycles. The molecule has 23 heavy (non-hydrogen) atoms. The lowest BCUT2D eigenvalue weighted by Gasteiger charge is -2.10. The van der Waals surface area contributed by atoms with Gasteiger partial charge in [0.1, 0.15) is 5.82 Å². The van der Waals surface area contributed by atoms with Gasteiger partial charge in [0.15, 0.2) is 5.78 Å². The van der Waals surface area contributed by atoms with Crippen LogP contribution in [0.1, 0.15) is 19.4 Å². The van der Waals surface area contributed by atoms with Crippen molar-refractivity contribution in [2.45, 2.75) is 13.8 Å². The minimum Gasteiger partial charge on any atom is -0.322 e. The van der Waals surface area contributed by atoms with Crippen molar-refractivity contribution in [2.24, 2.45) is 5.92 Å². The van der Waals surface area contributed by atoms with Gasteiger partial charge in [0, 0.05) is 11.6 Å². The fourth-order valence-corrected chi connectivity index (χ4v) is 2.01. The summed E-state index contributed by atoms with van der Waals surface area (Å²) in [6.07, 6.45) is 1.49. The molecule has 118 valence electrons. The molecule has 2 aromatic carbocycles. The van der Waals surface area contributed by atoms with E-state index in [2.05, 4.69) is 5.32 Å². The third-order valence-corrected chi connectivity index (χ3v) is 3.25. The fraction of sp³-hybridized carbons (Fsp3) is 0.158. The molecule has 0 radical (unpaired) electrons. The first kappa shape index (κ1) is 16.6. The Balaban J connectivity index is 2.32. The van der Waals surface area contributed by atoms with E-state index in [1.807, 2.05) is 6.07 Å². The van der Waals surface area contributed by atoms with E-state index in [0.29, 0.717) is 11.3 Å². The maximum Gasteiger partial charge on any atom is 0.259 e. The van der Waals surface area contributed by atoms with E-state index in [-0.39, 0.29) is 23.1 Å². The highest BCUT2D eigenvalue weighted by molar-refractivity contribution is 6.26. The molecule has 0 saturated carbocycles. The van der Waals surface area contributed by atoms with E-state index in [1.165, 1.54) is 30.3 Å². The van der Waals surface area contributed by atoms with Gasteiger partial charge in [-0.15, -0.1) is 0 Å². The molecule has 0 bridgehead atoms. The predicted octanol–water partition coefficient (Wildman–Crippen LogP) is 4.07. The van der Waals surface area contributed by atoms with Gasteiger partial charge < -0.3 is 5.32 Å². The summed E-state index contributed by atoms with van der Waals surface area (Å²) < 4.78 is 13.0. The summed E-state index contributed by atoms with van der Waals surface area (Å²) in [6.45, 7) is 3.47. The molecule has 4 heteroatoms. The number of hydrogen-bond donors (Lipinski definition) is 1. The number of Topliss-reactive ketones (excluding diaryl/α,β-unsaturated/α-hetero) is 1. The molecule has 1 amide bonds. The maximum atomic E-state index is 13.0. The number of carbonyl (C=O) groups is 2. The van der Waals surface area contributed by atoms with Crippen LogP contribution in [0.15, 0.2) is 60.2 Å². The van der Waals surface area contributed by atoms with E-state index < -0.39 is 5.91 Å². The predicted molar refractivity (Wildman–Crippen MR) is 89.3 cm³/mol. The number of anilines is 1. The molecular weight excluding hydrogens is 293 g/mol. The van der Waals surface area contributed by atoms with Crippen LogP contribution in [0.25, 0.3) is 6.08 Å². The van der Waals surface area contributed by atoms with Crippen LogP contribution in [0.5, 0.6) is 0 Å². The van der Waals surface area contributed by atoms with Crippen LogP contribution < -0.4 is 5.32 Å². The Morgan fingerprint density at radius 1 is 1.00 bits per heavy atom. The number of amides is 1. The fourth-order valence-electron chi connectivity index (χ4n) is 2.01. The van der Waals surface area contributed by atoms with Crippen LogP contribution in [0, 0.1) is 11.7 Å². The van der Waals surface area contributed by atoms with Crippen LogP contribution in [0.2, 0.25) is 0 Å². The Bertz CT molecular complexity index is 719. The second-order valence-corrected chi connectivity index (χ2v) is 5.45. The molecular formula is C19H18FNO2. The third kappa shape index (κ3) is 4.61. The molecule has 0 saturated heterocycles. The lowest BCUT2D eigenvalue weighted by atomic mass is 9.98. The first-order valence-corrected chi connectivity index (χ1v) is 7.35. The van der Waals surface area contributed by atoms with Gasteiger partial charge in [-0.3, -0.25) is 9.59 Å². The number of hydrogen-bond acceptors (Lipinski definition) is 2. The van der Waals surface area contributed by atoms with Crippen molar-refractivity contribution in [1.82, 2.24) is 0 Å². The first-order chi connectivity index (χ1) is 11.0. The Labute approximate surface area is 134 Å². The zero-order chi connectivity index (χ0) is 16.8. The monoisotopic (exact) mass is 311 g/mol. The summed E-state index contributed by atoms with van der Waals surface area (Å²) in [5, 5.41) is 2.71. The minimum absolute atomic E-state index is 0.0514. The number of benzene rings is 2. The second-order valence-electron chi connectivity index (χ2n) is 5.45. The van der Waals surface area contributed by atoms with Crippen molar-refractivity contribution in [3.05, 3.63) is 71.6 Å². The van der Waals surface area contributed by atoms with Crippen molar-refractivity contribution in [2.75, 3.05) is 5.32 Å². The van der Waals surface area contributed by atoms with Gasteiger partial charge in [-0.05, 0) is 35.9 Å². The second kappa shape index (κ2) is 7.49. The highest BCUT2D eigenvalue weighted by Gasteiger charge is 2.21. The lowest BCUT2D eigenvalue weighted by Crippen LogP contribution is -2.23. The standard InChI is InChI=1S/C19H18FNO2/c1-13(2)18(22)17(12-14-8-10-15(20)11-9-14)19(23)21-16-6-4-3-5-7-16/h3-13H,1-2H3,(H,21,23)/b17-12+. The molecule has 2 rings (SSSR count). The van der Waals surface area contributed by atoms with E-state index in [1.54, 1.807) is 38.1 Å². The number of nitrogens with one attached hydrogen (secondary N) is 1. The zero-order valence-electron chi connectivity index (χ0n) is 13.0. The molecule has 0 aliphatic carbocycles. The van der Waals surface area contributed by atoms with Crippen LogP contribution in [0.4, 0.5) is 10.1 Å². The largest absolute Gasteiger partial charge is 0.322 e. The summed E-state index contributed by atoms with van der Waals surface area (Å²) in [6, 6.07) is 14.5. The van der Waals surface area contributed by atoms with Gasteiger partial charge >= 0.3 is 0 Å². The summed E-state index contributed by atoms with van der Waals surface area (Å²) in [5.41, 5.74) is 1.26. The highest BCUT2D eigenvalue weighted by Crippen LogP contribution is 2.15. The molecule has 2 aromatic rings. The smallest absolute Gasteiger partial charge is 0.259 e. The third-order valence-electron chi connectivity index (χ3n) is 3.25. The van der Waals surface area contributed by atoms with Gasteiger partial charge in [0.05, 0.1) is 5.57 Å². The Hall–Kier alpha value is -2.75. The number of halogens is 1. The quantitative estimate of drug-likeness (QED) is 0.514. The molecule has 0 fully saturated rings. The van der Waals surface area contributed by atoms with Crippen LogP contribution >= 0.6 is 0 Å². The summed E-state index contributed by atoms with van der Waals surface area (Å²) in [5.74, 6) is -1.42. The van der Waals surface area contributed by atoms with Crippen molar-refractivity contribution in [3.63, 3.8) is 0 Å². The number of rotatable bonds is 5. The molecule has 0 spiro atoms. The van der Waals surface area contributed by atoms with Crippen molar-refractivity contribution >= 4 is 23.5 Å². The Kier molecular flexibility index (Phi) is 5.41. The number of para-hydroxylation sites is 1. The van der Waals surface area contributed by atoms with Crippen LogP contribution in [0.3, 0.4) is 0 Å². The van der Waals surface area contributed by atoms with E-state index in [0.717, 1.165) is 0 Å². The lowest BCUT2D eigenvalue weighted by molar-refractivity contribution is -0.121. The van der Waals surface area contributed by atoms with Crippen LogP contribution in [-0.2, 0) is 9.59 Å². The summed E-state index contributed by atoms with van der Waals surface area (Å²) in [4.78, 5) is 24.8. The van der Waals surface area contributed by atoms with Gasteiger partial charge in [-0.25, -0.2) is 4.39 Å². The normalized spacial score (nSPS) is 11.4. The van der Waals surface area contributed by atoms with E-state index in [9.17, 15) is 14.0 Å². The van der Waals surface area contributed by atoms with Gasteiger partial charge in [-0.1, -0.05) is 44.2 Å². The van der Waals surface area contributed by atoms with Crippen LogP contribution in [-0.4, -0.2) is 11.7 Å². The highest BCUT2D eigenvalue weighted by atomic mass is 19.1. The average molecular weight is 311 g/mol. The van der Waals surface area contributed by atoms with Crippen molar-refractivity contribution in [1.29, 1.82) is 0 Å². The summed E-state index contributed by atoms with van der Waals surface area (Å²) in [7, 11) is 0. The molecule has 0 aromatic heterocycles. The number of carbonyl (C=O) groups excluding carboxylic acids is 2. The minimum atomic E-state index is -0.473. The average Bonchev–Trinajstić information content (AvgIpc) is 2.54. The maximum absolute atomic E-state index is 13.0.